The van der Waals surface area contributed by atoms with E-state index in [2.05, 4.69) is 21.3 Å². The summed E-state index contributed by atoms with van der Waals surface area (Å²) in [6.45, 7) is 16.8. The fraction of sp³-hybridized carbons (Fsp3) is 0.821. The Morgan fingerprint density at radius 3 is 1.66 bits per heavy atom. The second kappa shape index (κ2) is 13.0. The molecule has 216 valence electrons. The standard InChI is InChI=1S/C28H48N4O6/c1-14(2)10-20(29-18(8)33)25(35)31-22(12-16(5)6)27(37)32-21(11-15(3)4)26(36)30-19-13-17(7)24-28(9,38-24)23(19)34/h14-17,19-22,24H,10-13H2,1-9H3,(H,29,33)(H,30,36)(H,31,35)(H,32,37)/t17?,19-,20-,21?,22-,24?,28-/m0/s1. The molecule has 38 heavy (non-hydrogen) atoms. The number of rotatable bonds is 13. The number of carbonyl (C=O) groups is 5. The first-order valence-corrected chi connectivity index (χ1v) is 13.9. The minimum absolute atomic E-state index is 0.0846. The van der Waals surface area contributed by atoms with Crippen molar-refractivity contribution in [1.29, 1.82) is 0 Å². The van der Waals surface area contributed by atoms with Gasteiger partial charge in [0.25, 0.3) is 0 Å². The normalized spacial score (nSPS) is 26.8. The fourth-order valence-corrected chi connectivity index (χ4v) is 5.33. The summed E-state index contributed by atoms with van der Waals surface area (Å²) in [6, 6.07) is -3.19. The van der Waals surface area contributed by atoms with Gasteiger partial charge in [-0.05, 0) is 56.3 Å². The minimum Gasteiger partial charge on any atom is -0.358 e. The van der Waals surface area contributed by atoms with E-state index in [0.717, 1.165) is 0 Å². The molecule has 7 atom stereocenters. The van der Waals surface area contributed by atoms with E-state index in [1.54, 1.807) is 6.92 Å². The number of fused-ring (bicyclic) bond motifs is 1. The van der Waals surface area contributed by atoms with Crippen LogP contribution in [0.5, 0.6) is 0 Å². The summed E-state index contributed by atoms with van der Waals surface area (Å²) < 4.78 is 5.63. The van der Waals surface area contributed by atoms with E-state index in [9.17, 15) is 24.0 Å². The van der Waals surface area contributed by atoms with Gasteiger partial charge in [0.05, 0.1) is 12.1 Å². The second-order valence-corrected chi connectivity index (χ2v) is 12.5. The third-order valence-electron chi connectivity index (χ3n) is 7.19. The number of hydrogen-bond acceptors (Lipinski definition) is 6. The third kappa shape index (κ3) is 8.51. The van der Waals surface area contributed by atoms with Crippen LogP contribution in [0.3, 0.4) is 0 Å². The summed E-state index contributed by atoms with van der Waals surface area (Å²) in [7, 11) is 0. The van der Waals surface area contributed by atoms with E-state index in [4.69, 9.17) is 4.74 Å². The van der Waals surface area contributed by atoms with Crippen molar-refractivity contribution in [3.05, 3.63) is 0 Å². The van der Waals surface area contributed by atoms with Crippen LogP contribution in [0, 0.1) is 23.7 Å². The van der Waals surface area contributed by atoms with Crippen molar-refractivity contribution in [3.8, 4) is 0 Å². The highest BCUT2D eigenvalue weighted by molar-refractivity contribution is 5.99. The van der Waals surface area contributed by atoms with E-state index in [0.29, 0.717) is 25.7 Å². The first-order valence-electron chi connectivity index (χ1n) is 13.9. The summed E-state index contributed by atoms with van der Waals surface area (Å²) >= 11 is 0. The molecule has 0 aromatic rings. The molecule has 0 aromatic heterocycles. The van der Waals surface area contributed by atoms with Gasteiger partial charge in [-0.1, -0.05) is 48.5 Å². The van der Waals surface area contributed by atoms with Gasteiger partial charge < -0.3 is 26.0 Å². The van der Waals surface area contributed by atoms with Crippen LogP contribution in [0.1, 0.15) is 88.0 Å². The molecule has 1 heterocycles. The van der Waals surface area contributed by atoms with Gasteiger partial charge >= 0.3 is 0 Å². The van der Waals surface area contributed by atoms with Gasteiger partial charge in [0.1, 0.15) is 18.1 Å². The molecule has 0 radical (unpaired) electrons. The van der Waals surface area contributed by atoms with Crippen LogP contribution in [0.25, 0.3) is 0 Å². The molecular formula is C28H48N4O6. The lowest BCUT2D eigenvalue weighted by Gasteiger charge is -2.30. The van der Waals surface area contributed by atoms with E-state index in [1.807, 2.05) is 48.5 Å². The molecule has 1 saturated carbocycles. The number of nitrogens with one attached hydrogen (secondary N) is 4. The van der Waals surface area contributed by atoms with E-state index in [1.165, 1.54) is 6.92 Å². The molecule has 4 N–H and O–H groups in total. The smallest absolute Gasteiger partial charge is 0.243 e. The van der Waals surface area contributed by atoms with Crippen LogP contribution in [0.4, 0.5) is 0 Å². The quantitative estimate of drug-likeness (QED) is 0.264. The van der Waals surface area contributed by atoms with Crippen molar-refractivity contribution in [2.75, 3.05) is 0 Å². The number of ketones is 1. The maximum absolute atomic E-state index is 13.4. The summed E-state index contributed by atoms with van der Waals surface area (Å²) in [5.74, 6) is -1.34. The Morgan fingerprint density at radius 1 is 0.816 bits per heavy atom. The van der Waals surface area contributed by atoms with Crippen molar-refractivity contribution in [2.24, 2.45) is 23.7 Å². The Bertz CT molecular complexity index is 904. The Morgan fingerprint density at radius 2 is 1.24 bits per heavy atom. The lowest BCUT2D eigenvalue weighted by atomic mass is 9.79. The van der Waals surface area contributed by atoms with E-state index < -0.39 is 47.5 Å². The monoisotopic (exact) mass is 536 g/mol. The maximum Gasteiger partial charge on any atom is 0.243 e. The number of Topliss-reactive ketones (excluding diaryl/α,β-unsaturated/α-hetero) is 1. The average molecular weight is 537 g/mol. The molecule has 10 nitrogen and oxygen atoms in total. The van der Waals surface area contributed by atoms with Gasteiger partial charge in [-0.2, -0.15) is 0 Å². The number of ether oxygens (including phenoxy) is 1. The first kappa shape index (κ1) is 31.7. The van der Waals surface area contributed by atoms with Gasteiger partial charge in [0.2, 0.25) is 23.6 Å². The Labute approximate surface area is 227 Å². The molecule has 10 heteroatoms. The molecule has 0 bridgehead atoms. The lowest BCUT2D eigenvalue weighted by Crippen LogP contribution is -2.59. The van der Waals surface area contributed by atoms with Crippen LogP contribution >= 0.6 is 0 Å². The van der Waals surface area contributed by atoms with E-state index in [-0.39, 0.29) is 41.5 Å². The fourth-order valence-electron chi connectivity index (χ4n) is 5.33. The van der Waals surface area contributed by atoms with Crippen molar-refractivity contribution in [3.63, 3.8) is 0 Å². The molecular weight excluding hydrogens is 488 g/mol. The van der Waals surface area contributed by atoms with E-state index >= 15 is 0 Å². The van der Waals surface area contributed by atoms with Gasteiger partial charge in [0, 0.05) is 6.92 Å². The largest absolute Gasteiger partial charge is 0.358 e. The van der Waals surface area contributed by atoms with Gasteiger partial charge in [-0.3, -0.25) is 24.0 Å². The number of epoxide rings is 1. The molecule has 1 saturated heterocycles. The minimum atomic E-state index is -0.885. The maximum atomic E-state index is 13.4. The molecule has 0 spiro atoms. The van der Waals surface area contributed by atoms with Crippen molar-refractivity contribution >= 4 is 29.4 Å². The van der Waals surface area contributed by atoms with Crippen LogP contribution in [0.15, 0.2) is 0 Å². The van der Waals surface area contributed by atoms with Gasteiger partial charge in [-0.25, -0.2) is 0 Å². The van der Waals surface area contributed by atoms with Crippen molar-refractivity contribution in [2.45, 2.75) is 124 Å². The number of amides is 4. The molecule has 1 aliphatic heterocycles. The SMILES string of the molecule is CC(=O)N[C@@H](CC(C)C)C(=O)N[C@@H](CC(C)C)C(=O)NC(CC(C)C)C(=O)N[C@H]1CC(C)C2O[C@@]2(C)C1=O. The highest BCUT2D eigenvalue weighted by atomic mass is 16.6. The first-order chi connectivity index (χ1) is 17.5. The molecule has 1 aliphatic carbocycles. The highest BCUT2D eigenvalue weighted by Gasteiger charge is 2.65. The third-order valence-corrected chi connectivity index (χ3v) is 7.19. The zero-order valence-electron chi connectivity index (χ0n) is 24.5. The van der Waals surface area contributed by atoms with Crippen LogP contribution in [-0.4, -0.2) is 65.3 Å². The van der Waals surface area contributed by atoms with Crippen molar-refractivity contribution < 1.29 is 28.7 Å². The molecule has 2 fully saturated rings. The molecule has 2 rings (SSSR count). The molecule has 4 amide bonds. The van der Waals surface area contributed by atoms with Gasteiger partial charge in [0.15, 0.2) is 11.4 Å². The van der Waals surface area contributed by atoms with Crippen LogP contribution < -0.4 is 21.3 Å². The topological polar surface area (TPSA) is 146 Å². The zero-order valence-corrected chi connectivity index (χ0v) is 24.5. The highest BCUT2D eigenvalue weighted by Crippen LogP contribution is 2.48. The summed E-state index contributed by atoms with van der Waals surface area (Å²) in [5, 5.41) is 11.2. The second-order valence-electron chi connectivity index (χ2n) is 12.5. The Balaban J connectivity index is 2.15. The van der Waals surface area contributed by atoms with Crippen LogP contribution in [-0.2, 0) is 28.7 Å². The Hall–Kier alpha value is -2.49. The summed E-state index contributed by atoms with van der Waals surface area (Å²) in [4.78, 5) is 64.4. The van der Waals surface area contributed by atoms with Crippen LogP contribution in [0.2, 0.25) is 0 Å². The number of hydrogen-bond donors (Lipinski definition) is 4. The predicted octanol–water partition coefficient (Wildman–Crippen LogP) is 1.85. The summed E-state index contributed by atoms with van der Waals surface area (Å²) in [6.07, 6.45) is 1.54. The lowest BCUT2D eigenvalue weighted by molar-refractivity contribution is -0.135. The van der Waals surface area contributed by atoms with Crippen molar-refractivity contribution in [1.82, 2.24) is 21.3 Å². The number of carbonyl (C=O) groups excluding carboxylic acids is 5. The molecule has 3 unspecified atom stereocenters. The molecule has 0 aromatic carbocycles. The Kier molecular flexibility index (Phi) is 10.9. The predicted molar refractivity (Wildman–Crippen MR) is 144 cm³/mol. The molecule has 2 aliphatic rings. The van der Waals surface area contributed by atoms with Gasteiger partial charge in [-0.15, -0.1) is 0 Å². The summed E-state index contributed by atoms with van der Waals surface area (Å²) in [5.41, 5.74) is -0.848. The average Bonchev–Trinajstić information content (AvgIpc) is 3.48. The zero-order chi connectivity index (χ0) is 28.9.